The number of aromatic hydroxyl groups is 1. The van der Waals surface area contributed by atoms with Crippen LogP contribution in [0.25, 0.3) is 16.9 Å². The van der Waals surface area contributed by atoms with Crippen LogP contribution in [-0.2, 0) is 20.8 Å². The van der Waals surface area contributed by atoms with E-state index in [1.54, 1.807) is 38.4 Å². The topological polar surface area (TPSA) is 187 Å². The molecular weight excluding hydrogens is 478 g/mol. The fraction of sp³-hybridized carbons (Fsp3) is 0.296. The average molecular weight is 506 g/mol. The summed E-state index contributed by atoms with van der Waals surface area (Å²) in [5, 5.41) is 44.5. The molecule has 0 bridgehead atoms. The van der Waals surface area contributed by atoms with Crippen molar-refractivity contribution < 1.29 is 34.8 Å². The van der Waals surface area contributed by atoms with Crippen molar-refractivity contribution in [3.63, 3.8) is 0 Å². The number of primary amides is 1. The number of aliphatic hydroxyl groups is 3. The van der Waals surface area contributed by atoms with E-state index < -0.39 is 58.0 Å². The molecule has 37 heavy (non-hydrogen) atoms. The highest BCUT2D eigenvalue weighted by Crippen LogP contribution is 2.53. The molecular formula is C27H27N3O7. The van der Waals surface area contributed by atoms with Gasteiger partial charge < -0.3 is 31.9 Å². The molecule has 0 spiro atoms. The summed E-state index contributed by atoms with van der Waals surface area (Å²) in [5.74, 6) is -6.78. The number of likely N-dealkylation sites (N-methyl/N-ethyl adjacent to an activating group) is 1. The Morgan fingerprint density at radius 1 is 1.11 bits per heavy atom. The van der Waals surface area contributed by atoms with E-state index in [9.17, 15) is 34.8 Å². The van der Waals surface area contributed by atoms with Crippen LogP contribution in [0.3, 0.4) is 0 Å². The maximum Gasteiger partial charge on any atom is 0.255 e. The number of phenols is 1. The van der Waals surface area contributed by atoms with Gasteiger partial charge in [0.15, 0.2) is 11.4 Å². The fourth-order valence-electron chi connectivity index (χ4n) is 6.22. The summed E-state index contributed by atoms with van der Waals surface area (Å²) in [7, 11) is 3.12. The van der Waals surface area contributed by atoms with Crippen LogP contribution in [0.4, 0.5) is 5.69 Å². The van der Waals surface area contributed by atoms with E-state index in [-0.39, 0.29) is 29.7 Å². The SMILES string of the molecule is CN(C)[C@@H]1C(=O)C(C(N)=O)=C(O)[C@@]2(O)C(=O)C3=C(O)c4c(O)ccc(-c5cccc(N)c5)c4CC3CC12. The molecule has 0 aliphatic heterocycles. The van der Waals surface area contributed by atoms with Gasteiger partial charge in [0.05, 0.1) is 11.6 Å². The lowest BCUT2D eigenvalue weighted by Gasteiger charge is -2.50. The number of anilines is 1. The molecule has 0 radical (unpaired) electrons. The van der Waals surface area contributed by atoms with E-state index in [0.29, 0.717) is 16.8 Å². The van der Waals surface area contributed by atoms with Gasteiger partial charge in [-0.25, -0.2) is 0 Å². The Balaban J connectivity index is 1.75. The first-order chi connectivity index (χ1) is 17.4. The third kappa shape index (κ3) is 3.29. The van der Waals surface area contributed by atoms with Crippen molar-refractivity contribution in [2.45, 2.75) is 24.5 Å². The molecule has 2 aromatic carbocycles. The van der Waals surface area contributed by atoms with Gasteiger partial charge in [0, 0.05) is 17.2 Å². The summed E-state index contributed by atoms with van der Waals surface area (Å²) in [5.41, 5.74) is 10.2. The number of nitrogens with zero attached hydrogens (tertiary/aromatic N) is 1. The predicted octanol–water partition coefficient (Wildman–Crippen LogP) is 1.21. The van der Waals surface area contributed by atoms with Gasteiger partial charge in [-0.1, -0.05) is 18.2 Å². The molecule has 0 heterocycles. The van der Waals surface area contributed by atoms with Crippen LogP contribution >= 0.6 is 0 Å². The number of rotatable bonds is 3. The molecule has 8 N–H and O–H groups in total. The van der Waals surface area contributed by atoms with Crippen molar-refractivity contribution in [2.75, 3.05) is 19.8 Å². The van der Waals surface area contributed by atoms with Crippen LogP contribution in [0, 0.1) is 11.8 Å². The number of Topliss-reactive ketones (excluding diaryl/α,β-unsaturated/α-hetero) is 2. The Morgan fingerprint density at radius 2 is 1.81 bits per heavy atom. The average Bonchev–Trinajstić information content (AvgIpc) is 2.81. The zero-order chi connectivity index (χ0) is 27.0. The Morgan fingerprint density at radius 3 is 2.43 bits per heavy atom. The number of hydrogen-bond acceptors (Lipinski definition) is 9. The van der Waals surface area contributed by atoms with Crippen molar-refractivity contribution in [1.82, 2.24) is 4.90 Å². The minimum atomic E-state index is -2.66. The number of nitrogens with two attached hydrogens (primary N) is 2. The van der Waals surface area contributed by atoms with E-state index in [2.05, 4.69) is 0 Å². The molecule has 0 aromatic heterocycles. The summed E-state index contributed by atoms with van der Waals surface area (Å²) >= 11 is 0. The van der Waals surface area contributed by atoms with Crippen molar-refractivity contribution in [2.24, 2.45) is 17.6 Å². The van der Waals surface area contributed by atoms with E-state index in [1.165, 1.54) is 11.0 Å². The monoisotopic (exact) mass is 505 g/mol. The standard InChI is InChI=1S/C27H27N3O7/c1-30(2)21-16-10-12-9-15-14(11-4-3-5-13(28)8-11)6-7-17(31)19(15)22(32)18(12)24(34)27(16,37)25(35)20(23(21)33)26(29)36/h3-8,12,16,21,31-32,35,37H,9-10,28H2,1-2H3,(H2,29,36)/t12?,16?,21-,27-/m0/s1. The van der Waals surface area contributed by atoms with Gasteiger partial charge in [0.2, 0.25) is 5.78 Å². The number of nitrogen functional groups attached to an aromatic ring is 1. The number of aliphatic hydroxyl groups excluding tert-OH is 2. The Hall–Kier alpha value is -4.15. The minimum absolute atomic E-state index is 0.0256. The highest BCUT2D eigenvalue weighted by atomic mass is 16.3. The summed E-state index contributed by atoms with van der Waals surface area (Å²) in [6.45, 7) is 0. The molecule has 5 rings (SSSR count). The molecule has 0 saturated heterocycles. The first kappa shape index (κ1) is 24.5. The van der Waals surface area contributed by atoms with Crippen LogP contribution in [-0.4, -0.2) is 68.5 Å². The first-order valence-corrected chi connectivity index (χ1v) is 11.7. The van der Waals surface area contributed by atoms with Gasteiger partial charge in [0.1, 0.15) is 22.8 Å². The van der Waals surface area contributed by atoms with Gasteiger partial charge in [-0.3, -0.25) is 19.3 Å². The number of carbonyl (C=O) groups is 3. The fourth-order valence-corrected chi connectivity index (χ4v) is 6.22. The number of hydrogen-bond donors (Lipinski definition) is 6. The highest BCUT2D eigenvalue weighted by molar-refractivity contribution is 6.24. The van der Waals surface area contributed by atoms with Crippen molar-refractivity contribution in [3.05, 3.63) is 64.4 Å². The van der Waals surface area contributed by atoms with Gasteiger partial charge in [0.25, 0.3) is 5.91 Å². The summed E-state index contributed by atoms with van der Waals surface area (Å²) in [6, 6.07) is 9.05. The smallest absolute Gasteiger partial charge is 0.255 e. The van der Waals surface area contributed by atoms with Crippen molar-refractivity contribution >= 4 is 28.9 Å². The minimum Gasteiger partial charge on any atom is -0.508 e. The lowest BCUT2D eigenvalue weighted by molar-refractivity contribution is -0.153. The number of ketones is 2. The Bertz CT molecular complexity index is 1460. The summed E-state index contributed by atoms with van der Waals surface area (Å²) < 4.78 is 0. The van der Waals surface area contributed by atoms with Crippen LogP contribution < -0.4 is 11.5 Å². The van der Waals surface area contributed by atoms with Gasteiger partial charge in [-0.05, 0) is 67.7 Å². The lowest BCUT2D eigenvalue weighted by atomic mass is 9.57. The van der Waals surface area contributed by atoms with E-state index in [0.717, 1.165) is 5.56 Å². The molecule has 1 saturated carbocycles. The molecule has 1 fully saturated rings. The first-order valence-electron chi connectivity index (χ1n) is 11.7. The van der Waals surface area contributed by atoms with E-state index in [4.69, 9.17) is 11.5 Å². The zero-order valence-corrected chi connectivity index (χ0v) is 20.2. The number of carbonyl (C=O) groups excluding carboxylic acids is 3. The van der Waals surface area contributed by atoms with Crippen LogP contribution in [0.2, 0.25) is 0 Å². The molecule has 192 valence electrons. The number of amides is 1. The van der Waals surface area contributed by atoms with E-state index in [1.807, 2.05) is 6.07 Å². The number of phenolic OH excluding ortho intramolecular Hbond substituents is 1. The number of fused-ring (bicyclic) bond motifs is 3. The Labute approximate surface area is 212 Å². The number of benzene rings is 2. The molecule has 3 aliphatic rings. The largest absolute Gasteiger partial charge is 0.508 e. The molecule has 4 atom stereocenters. The lowest BCUT2D eigenvalue weighted by Crippen LogP contribution is -2.65. The van der Waals surface area contributed by atoms with Crippen molar-refractivity contribution in [3.8, 4) is 16.9 Å². The zero-order valence-electron chi connectivity index (χ0n) is 20.2. The molecule has 10 nitrogen and oxygen atoms in total. The maximum atomic E-state index is 13.9. The second kappa shape index (κ2) is 8.19. The highest BCUT2D eigenvalue weighted by Gasteiger charge is 2.64. The van der Waals surface area contributed by atoms with Gasteiger partial charge >= 0.3 is 0 Å². The normalized spacial score (nSPS) is 27.2. The Kier molecular flexibility index (Phi) is 5.43. The van der Waals surface area contributed by atoms with Crippen LogP contribution in [0.1, 0.15) is 17.5 Å². The summed E-state index contributed by atoms with van der Waals surface area (Å²) in [4.78, 5) is 40.6. The molecule has 1 amide bonds. The second-order valence-corrected chi connectivity index (χ2v) is 10.1. The quantitative estimate of drug-likeness (QED) is 0.263. The van der Waals surface area contributed by atoms with Gasteiger partial charge in [-0.2, -0.15) is 0 Å². The van der Waals surface area contributed by atoms with Crippen LogP contribution in [0.15, 0.2) is 53.3 Å². The van der Waals surface area contributed by atoms with E-state index >= 15 is 0 Å². The molecule has 2 unspecified atom stereocenters. The molecule has 3 aliphatic carbocycles. The molecule has 2 aromatic rings. The van der Waals surface area contributed by atoms with Crippen LogP contribution in [0.5, 0.6) is 5.75 Å². The second-order valence-electron chi connectivity index (χ2n) is 10.1. The third-order valence-corrected chi connectivity index (χ3v) is 7.80. The third-order valence-electron chi connectivity index (χ3n) is 7.80. The van der Waals surface area contributed by atoms with Gasteiger partial charge in [-0.15, -0.1) is 0 Å². The predicted molar refractivity (Wildman–Crippen MR) is 134 cm³/mol. The maximum absolute atomic E-state index is 13.9. The van der Waals surface area contributed by atoms with Crippen molar-refractivity contribution in [1.29, 1.82) is 0 Å². The molecule has 10 heteroatoms. The summed E-state index contributed by atoms with van der Waals surface area (Å²) in [6.07, 6.45) is 0.227.